The topological polar surface area (TPSA) is 85.4 Å². The molecule has 0 heterocycles. The van der Waals surface area contributed by atoms with Crippen LogP contribution in [0.3, 0.4) is 0 Å². The predicted molar refractivity (Wildman–Crippen MR) is 134 cm³/mol. The lowest BCUT2D eigenvalue weighted by Gasteiger charge is -2.17. The van der Waals surface area contributed by atoms with Crippen LogP contribution in [0.4, 0.5) is 5.69 Å². The number of nitro benzene ring substituents is 1. The first-order valence-electron chi connectivity index (χ1n) is 10.6. The van der Waals surface area contributed by atoms with Crippen molar-refractivity contribution in [1.82, 2.24) is 0 Å². The zero-order valence-corrected chi connectivity index (χ0v) is 19.4. The quantitative estimate of drug-likeness (QED) is 0.104. The summed E-state index contributed by atoms with van der Waals surface area (Å²) in [6, 6.07) is 19.2. The zero-order chi connectivity index (χ0) is 24.5. The van der Waals surface area contributed by atoms with Crippen LogP contribution in [0.25, 0.3) is 11.6 Å². The van der Waals surface area contributed by atoms with Gasteiger partial charge < -0.3 is 9.47 Å². The molecule has 0 aromatic heterocycles. The molecule has 0 radical (unpaired) electrons. The molecule has 0 unspecified atom stereocenters. The Kier molecular flexibility index (Phi) is 8.44. The number of allylic oxidation sites excluding steroid dienone is 2. The Bertz CT molecular complexity index is 1240. The van der Waals surface area contributed by atoms with Gasteiger partial charge >= 0.3 is 0 Å². The lowest BCUT2D eigenvalue weighted by Crippen LogP contribution is -2.03. The van der Waals surface area contributed by atoms with Gasteiger partial charge in [0.2, 0.25) is 0 Å². The van der Waals surface area contributed by atoms with Crippen molar-refractivity contribution < 1.29 is 14.4 Å². The minimum atomic E-state index is -0.474. The summed E-state index contributed by atoms with van der Waals surface area (Å²) in [5.74, 6) is 1.17. The second-order valence-corrected chi connectivity index (χ2v) is 7.76. The van der Waals surface area contributed by atoms with Gasteiger partial charge in [0.05, 0.1) is 23.2 Å². The van der Waals surface area contributed by atoms with E-state index in [-0.39, 0.29) is 5.69 Å². The molecule has 0 fully saturated rings. The van der Waals surface area contributed by atoms with Gasteiger partial charge in [-0.3, -0.25) is 10.1 Å². The van der Waals surface area contributed by atoms with E-state index in [4.69, 9.17) is 21.1 Å². The van der Waals surface area contributed by atoms with Gasteiger partial charge in [-0.05, 0) is 72.5 Å². The molecule has 34 heavy (non-hydrogen) atoms. The molecule has 0 aliphatic rings. The molecule has 3 aromatic rings. The Balaban J connectivity index is 1.98. The van der Waals surface area contributed by atoms with Crippen LogP contribution in [0.1, 0.15) is 29.2 Å². The SMILES string of the molecule is C=CCc1cc(/C=C(\C#N)c2ccc([N+](=O)[O-])cc2)cc(OCC)c1OCc1ccc(Cl)cc1. The number of rotatable bonds is 10. The Labute approximate surface area is 203 Å². The minimum Gasteiger partial charge on any atom is -0.490 e. The van der Waals surface area contributed by atoms with E-state index in [1.807, 2.05) is 43.3 Å². The number of ether oxygens (including phenoxy) is 2. The summed E-state index contributed by atoms with van der Waals surface area (Å²) < 4.78 is 12.0. The Hall–Kier alpha value is -4.08. The molecule has 0 N–H and O–H groups in total. The van der Waals surface area contributed by atoms with Gasteiger partial charge in [0.1, 0.15) is 6.61 Å². The predicted octanol–water partition coefficient (Wildman–Crippen LogP) is 7.02. The molecule has 0 saturated carbocycles. The van der Waals surface area contributed by atoms with E-state index in [2.05, 4.69) is 12.6 Å². The average molecular weight is 475 g/mol. The molecule has 3 aromatic carbocycles. The number of nitro groups is 1. The number of non-ortho nitro benzene ring substituents is 1. The first-order valence-corrected chi connectivity index (χ1v) is 11.0. The number of hydrogen-bond donors (Lipinski definition) is 0. The molecule has 0 atom stereocenters. The van der Waals surface area contributed by atoms with Crippen molar-refractivity contribution in [2.75, 3.05) is 6.61 Å². The highest BCUT2D eigenvalue weighted by molar-refractivity contribution is 6.30. The summed E-state index contributed by atoms with van der Waals surface area (Å²) in [5.41, 5.74) is 3.49. The Morgan fingerprint density at radius 3 is 2.44 bits per heavy atom. The maximum absolute atomic E-state index is 10.9. The van der Waals surface area contributed by atoms with Crippen LogP contribution in [0, 0.1) is 21.4 Å². The highest BCUT2D eigenvalue weighted by Crippen LogP contribution is 2.36. The van der Waals surface area contributed by atoms with Crippen LogP contribution in [-0.2, 0) is 13.0 Å². The van der Waals surface area contributed by atoms with Gasteiger partial charge in [-0.25, -0.2) is 0 Å². The average Bonchev–Trinajstić information content (AvgIpc) is 2.83. The maximum Gasteiger partial charge on any atom is 0.269 e. The van der Waals surface area contributed by atoms with Crippen LogP contribution in [0.15, 0.2) is 73.3 Å². The van der Waals surface area contributed by atoms with E-state index in [0.29, 0.717) is 47.3 Å². The molecule has 172 valence electrons. The fourth-order valence-corrected chi connectivity index (χ4v) is 3.47. The summed E-state index contributed by atoms with van der Waals surface area (Å²) in [6.45, 7) is 6.50. The normalized spacial score (nSPS) is 10.9. The van der Waals surface area contributed by atoms with E-state index in [1.54, 1.807) is 24.3 Å². The van der Waals surface area contributed by atoms with Crippen LogP contribution >= 0.6 is 11.6 Å². The molecular formula is C27H23ClN2O4. The maximum atomic E-state index is 10.9. The van der Waals surface area contributed by atoms with Crippen molar-refractivity contribution >= 4 is 28.9 Å². The molecule has 3 rings (SSSR count). The number of hydrogen-bond acceptors (Lipinski definition) is 5. The van der Waals surface area contributed by atoms with Gasteiger partial charge in [-0.2, -0.15) is 5.26 Å². The third-order valence-corrected chi connectivity index (χ3v) is 5.19. The minimum absolute atomic E-state index is 0.0323. The van der Waals surface area contributed by atoms with Crippen molar-refractivity contribution in [3.8, 4) is 17.6 Å². The standard InChI is InChI=1S/C27H23ClN2O4/c1-3-5-22-14-20(15-23(17-29)21-8-12-25(13-9-21)30(31)32)16-26(33-4-2)27(22)34-18-19-6-10-24(28)11-7-19/h3,6-16H,1,4-5,18H2,2H3/b23-15+. The second kappa shape index (κ2) is 11.7. The van der Waals surface area contributed by atoms with E-state index >= 15 is 0 Å². The fraction of sp³-hybridized carbons (Fsp3) is 0.148. The lowest BCUT2D eigenvalue weighted by atomic mass is 10.0. The third kappa shape index (κ3) is 6.25. The number of nitriles is 1. The van der Waals surface area contributed by atoms with Gasteiger partial charge in [-0.15, -0.1) is 6.58 Å². The van der Waals surface area contributed by atoms with Gasteiger partial charge in [0.15, 0.2) is 11.5 Å². The second-order valence-electron chi connectivity index (χ2n) is 7.32. The number of nitrogens with zero attached hydrogens (tertiary/aromatic N) is 2. The number of benzene rings is 3. The molecule has 0 amide bonds. The van der Waals surface area contributed by atoms with Gasteiger partial charge in [0.25, 0.3) is 5.69 Å². The third-order valence-electron chi connectivity index (χ3n) is 4.94. The summed E-state index contributed by atoms with van der Waals surface area (Å²) in [4.78, 5) is 10.4. The van der Waals surface area contributed by atoms with Gasteiger partial charge in [-0.1, -0.05) is 29.8 Å². The highest BCUT2D eigenvalue weighted by Gasteiger charge is 2.14. The molecule has 7 heteroatoms. The summed E-state index contributed by atoms with van der Waals surface area (Å²) in [7, 11) is 0. The van der Waals surface area contributed by atoms with E-state index < -0.39 is 4.92 Å². The Morgan fingerprint density at radius 2 is 1.85 bits per heavy atom. The van der Waals surface area contributed by atoms with Crippen LogP contribution in [-0.4, -0.2) is 11.5 Å². The molecule has 0 aliphatic carbocycles. The smallest absolute Gasteiger partial charge is 0.269 e. The largest absolute Gasteiger partial charge is 0.490 e. The van der Waals surface area contributed by atoms with Crippen molar-refractivity contribution in [3.05, 3.63) is 111 Å². The first kappa shape index (κ1) is 24.6. The summed E-state index contributed by atoms with van der Waals surface area (Å²) in [5, 5.41) is 21.3. The van der Waals surface area contributed by atoms with Crippen LogP contribution in [0.2, 0.25) is 5.02 Å². The monoisotopic (exact) mass is 474 g/mol. The first-order chi connectivity index (χ1) is 16.4. The van der Waals surface area contributed by atoms with E-state index in [9.17, 15) is 15.4 Å². The van der Waals surface area contributed by atoms with Crippen LogP contribution < -0.4 is 9.47 Å². The van der Waals surface area contributed by atoms with Crippen molar-refractivity contribution in [3.63, 3.8) is 0 Å². The summed E-state index contributed by atoms with van der Waals surface area (Å²) in [6.07, 6.45) is 4.03. The van der Waals surface area contributed by atoms with E-state index in [0.717, 1.165) is 16.7 Å². The Morgan fingerprint density at radius 1 is 1.15 bits per heavy atom. The molecule has 0 spiro atoms. The highest BCUT2D eigenvalue weighted by atomic mass is 35.5. The van der Waals surface area contributed by atoms with Crippen LogP contribution in [0.5, 0.6) is 11.5 Å². The molecule has 6 nitrogen and oxygen atoms in total. The van der Waals surface area contributed by atoms with Crippen molar-refractivity contribution in [2.45, 2.75) is 20.0 Å². The van der Waals surface area contributed by atoms with Crippen molar-refractivity contribution in [1.29, 1.82) is 5.26 Å². The molecule has 0 aliphatic heterocycles. The number of halogens is 1. The lowest BCUT2D eigenvalue weighted by molar-refractivity contribution is -0.384. The van der Waals surface area contributed by atoms with Crippen molar-refractivity contribution in [2.24, 2.45) is 0 Å². The van der Waals surface area contributed by atoms with Gasteiger partial charge in [0, 0.05) is 22.7 Å². The fourth-order valence-electron chi connectivity index (χ4n) is 3.35. The zero-order valence-electron chi connectivity index (χ0n) is 18.7. The molecular weight excluding hydrogens is 452 g/mol. The molecule has 0 saturated heterocycles. The van der Waals surface area contributed by atoms with E-state index in [1.165, 1.54) is 12.1 Å². The summed E-state index contributed by atoms with van der Waals surface area (Å²) >= 11 is 5.97. The molecule has 0 bridgehead atoms.